The second-order valence-electron chi connectivity index (χ2n) is 5.13. The minimum atomic E-state index is -4.52. The number of alkyl halides is 3. The fourth-order valence-corrected chi connectivity index (χ4v) is 1.86. The maximum absolute atomic E-state index is 12.8. The number of hydrogen-bond donors (Lipinski definition) is 3. The number of urea groups is 1. The van der Waals surface area contributed by atoms with E-state index >= 15 is 0 Å². The van der Waals surface area contributed by atoms with Gasteiger partial charge in [-0.3, -0.25) is 4.79 Å². The molecule has 0 aliphatic carbocycles. The summed E-state index contributed by atoms with van der Waals surface area (Å²) in [5.41, 5.74) is 0.639. The maximum atomic E-state index is 12.8. The maximum Gasteiger partial charge on any atom is 0.405 e. The molecule has 3 N–H and O–H groups in total. The lowest BCUT2D eigenvalue weighted by molar-refractivity contribution is -0.139. The van der Waals surface area contributed by atoms with Gasteiger partial charge < -0.3 is 16.0 Å². The predicted octanol–water partition coefficient (Wildman–Crippen LogP) is 2.47. The van der Waals surface area contributed by atoms with E-state index in [4.69, 9.17) is 0 Å². The summed E-state index contributed by atoms with van der Waals surface area (Å²) in [6.07, 6.45) is -3.81. The lowest BCUT2D eigenvalue weighted by atomic mass is 10.1. The van der Waals surface area contributed by atoms with Crippen LogP contribution in [0.4, 0.5) is 22.4 Å². The molecule has 5 nitrogen and oxygen atoms in total. The van der Waals surface area contributed by atoms with Gasteiger partial charge in [-0.15, -0.1) is 0 Å². The molecule has 1 aromatic rings. The third-order valence-electron chi connectivity index (χ3n) is 3.03. The van der Waals surface area contributed by atoms with E-state index in [1.807, 2.05) is 0 Å². The third-order valence-corrected chi connectivity index (χ3v) is 3.03. The first kappa shape index (κ1) is 19.7. The summed E-state index contributed by atoms with van der Waals surface area (Å²) < 4.78 is 49.1. The number of benzene rings is 1. The number of carbonyl (C=O) groups excluding carboxylic acids is 2. The molecule has 9 heteroatoms. The fourth-order valence-electron chi connectivity index (χ4n) is 1.86. The third kappa shape index (κ3) is 7.80. The summed E-state index contributed by atoms with van der Waals surface area (Å²) >= 11 is 0. The van der Waals surface area contributed by atoms with Crippen molar-refractivity contribution in [2.24, 2.45) is 0 Å². The number of amides is 3. The van der Waals surface area contributed by atoms with Crippen LogP contribution in [0.25, 0.3) is 0 Å². The molecule has 1 aromatic carbocycles. The van der Waals surface area contributed by atoms with Crippen LogP contribution >= 0.6 is 0 Å². The van der Waals surface area contributed by atoms with Gasteiger partial charge >= 0.3 is 12.2 Å². The highest BCUT2D eigenvalue weighted by molar-refractivity contribution is 5.87. The van der Waals surface area contributed by atoms with Gasteiger partial charge in [-0.2, -0.15) is 13.2 Å². The van der Waals surface area contributed by atoms with Crippen molar-refractivity contribution >= 4 is 11.9 Å². The van der Waals surface area contributed by atoms with Gasteiger partial charge in [0.25, 0.3) is 0 Å². The molecule has 0 unspecified atom stereocenters. The Kier molecular flexibility index (Phi) is 7.47. The molecule has 0 radical (unpaired) electrons. The summed E-state index contributed by atoms with van der Waals surface area (Å²) in [6.45, 7) is 0.377. The van der Waals surface area contributed by atoms with E-state index in [-0.39, 0.29) is 13.0 Å². The van der Waals surface area contributed by atoms with Crippen molar-refractivity contribution < 1.29 is 27.2 Å². The quantitative estimate of drug-likeness (QED) is 0.662. The molecule has 0 aliphatic heterocycles. The Morgan fingerprint density at radius 3 is 2.29 bits per heavy atom. The molecular weight excluding hydrogens is 330 g/mol. The topological polar surface area (TPSA) is 70.2 Å². The molecule has 0 fully saturated rings. The highest BCUT2D eigenvalue weighted by Gasteiger charge is 2.29. The van der Waals surface area contributed by atoms with Crippen molar-refractivity contribution in [1.82, 2.24) is 16.0 Å². The molecular formula is C15H19F4N3O2. The molecule has 0 spiro atoms. The molecule has 3 amide bonds. The van der Waals surface area contributed by atoms with Gasteiger partial charge in [0, 0.05) is 6.54 Å². The molecule has 0 saturated carbocycles. The normalized spacial score (nSPS) is 12.4. The van der Waals surface area contributed by atoms with Gasteiger partial charge in [0.15, 0.2) is 0 Å². The van der Waals surface area contributed by atoms with Crippen LogP contribution in [0.2, 0.25) is 0 Å². The van der Waals surface area contributed by atoms with E-state index in [9.17, 15) is 27.2 Å². The van der Waals surface area contributed by atoms with E-state index in [1.165, 1.54) is 24.3 Å². The van der Waals surface area contributed by atoms with Crippen LogP contribution in [0.5, 0.6) is 0 Å². The predicted molar refractivity (Wildman–Crippen MR) is 79.5 cm³/mol. The van der Waals surface area contributed by atoms with Gasteiger partial charge in [0.2, 0.25) is 5.91 Å². The van der Waals surface area contributed by atoms with Gasteiger partial charge in [-0.05, 0) is 24.1 Å². The molecule has 0 heterocycles. The van der Waals surface area contributed by atoms with Gasteiger partial charge in [0.1, 0.15) is 18.4 Å². The summed E-state index contributed by atoms with van der Waals surface area (Å²) in [7, 11) is 0. The first-order chi connectivity index (χ1) is 11.2. The Labute approximate surface area is 136 Å². The van der Waals surface area contributed by atoms with Crippen LogP contribution in [0.1, 0.15) is 25.3 Å². The van der Waals surface area contributed by atoms with Gasteiger partial charge in [-0.1, -0.05) is 25.5 Å². The Morgan fingerprint density at radius 1 is 1.12 bits per heavy atom. The lowest BCUT2D eigenvalue weighted by Gasteiger charge is -2.19. The molecule has 0 aliphatic rings. The van der Waals surface area contributed by atoms with Crippen molar-refractivity contribution in [2.45, 2.75) is 38.5 Å². The number of nitrogens with one attached hydrogen (secondary N) is 3. The molecule has 0 aromatic heterocycles. The Morgan fingerprint density at radius 2 is 1.75 bits per heavy atom. The molecule has 0 bridgehead atoms. The monoisotopic (exact) mass is 349 g/mol. The minimum absolute atomic E-state index is 0.0924. The number of halogens is 4. The van der Waals surface area contributed by atoms with Crippen LogP contribution in [-0.4, -0.2) is 30.7 Å². The Balaban J connectivity index is 2.49. The second kappa shape index (κ2) is 9.09. The fraction of sp³-hybridized carbons (Fsp3) is 0.467. The van der Waals surface area contributed by atoms with Crippen molar-refractivity contribution in [3.05, 3.63) is 35.6 Å². The van der Waals surface area contributed by atoms with Crippen LogP contribution in [0.3, 0.4) is 0 Å². The Bertz CT molecular complexity index is 547. The standard InChI is InChI=1S/C15H19F4N3O2/c1-2-3-12(13(23)21-9-15(17,18)19)22-14(24)20-8-10-4-6-11(16)7-5-10/h4-7,12H,2-3,8-9H2,1H3,(H,21,23)(H2,20,22,24)/t12-/m1/s1. The van der Waals surface area contributed by atoms with Crippen LogP contribution in [-0.2, 0) is 11.3 Å². The number of carbonyl (C=O) groups is 2. The summed E-state index contributed by atoms with van der Waals surface area (Å²) in [5.74, 6) is -1.31. The van der Waals surface area contributed by atoms with Crippen molar-refractivity contribution in [1.29, 1.82) is 0 Å². The van der Waals surface area contributed by atoms with E-state index in [0.717, 1.165) is 0 Å². The van der Waals surface area contributed by atoms with Crippen LogP contribution in [0.15, 0.2) is 24.3 Å². The van der Waals surface area contributed by atoms with Gasteiger partial charge in [0.05, 0.1) is 0 Å². The lowest BCUT2D eigenvalue weighted by Crippen LogP contribution is -2.51. The zero-order valence-corrected chi connectivity index (χ0v) is 13.0. The zero-order chi connectivity index (χ0) is 18.2. The highest BCUT2D eigenvalue weighted by atomic mass is 19.4. The minimum Gasteiger partial charge on any atom is -0.345 e. The van der Waals surface area contributed by atoms with E-state index in [2.05, 4.69) is 10.6 Å². The van der Waals surface area contributed by atoms with E-state index in [0.29, 0.717) is 12.0 Å². The molecule has 134 valence electrons. The van der Waals surface area contributed by atoms with Crippen molar-refractivity contribution in [2.75, 3.05) is 6.54 Å². The van der Waals surface area contributed by atoms with Crippen LogP contribution in [0, 0.1) is 5.82 Å². The van der Waals surface area contributed by atoms with Crippen LogP contribution < -0.4 is 16.0 Å². The molecule has 1 rings (SSSR count). The smallest absolute Gasteiger partial charge is 0.345 e. The summed E-state index contributed by atoms with van der Waals surface area (Å²) in [6, 6.07) is 3.67. The largest absolute Gasteiger partial charge is 0.405 e. The number of rotatable bonds is 7. The molecule has 24 heavy (non-hydrogen) atoms. The first-order valence-corrected chi connectivity index (χ1v) is 7.34. The van der Waals surface area contributed by atoms with Crippen molar-refractivity contribution in [3.63, 3.8) is 0 Å². The van der Waals surface area contributed by atoms with Gasteiger partial charge in [-0.25, -0.2) is 9.18 Å². The summed E-state index contributed by atoms with van der Waals surface area (Å²) in [5, 5.41) is 6.54. The first-order valence-electron chi connectivity index (χ1n) is 7.34. The molecule has 1 atom stereocenters. The van der Waals surface area contributed by atoms with E-state index in [1.54, 1.807) is 12.2 Å². The average molecular weight is 349 g/mol. The number of hydrogen-bond acceptors (Lipinski definition) is 2. The summed E-state index contributed by atoms with van der Waals surface area (Å²) in [4.78, 5) is 23.5. The Hall–Kier alpha value is -2.32. The van der Waals surface area contributed by atoms with Crippen molar-refractivity contribution in [3.8, 4) is 0 Å². The molecule has 0 saturated heterocycles. The highest BCUT2D eigenvalue weighted by Crippen LogP contribution is 2.12. The SMILES string of the molecule is CCC[C@@H](NC(=O)NCc1ccc(F)cc1)C(=O)NCC(F)(F)F. The van der Waals surface area contributed by atoms with E-state index < -0.39 is 36.5 Å². The second-order valence-corrected chi connectivity index (χ2v) is 5.13. The average Bonchev–Trinajstić information content (AvgIpc) is 2.51. The zero-order valence-electron chi connectivity index (χ0n) is 13.0.